The van der Waals surface area contributed by atoms with Crippen LogP contribution >= 0.6 is 0 Å². The van der Waals surface area contributed by atoms with E-state index in [0.29, 0.717) is 0 Å². The van der Waals surface area contributed by atoms with Crippen LogP contribution in [0.2, 0.25) is 10.6 Å². The fourth-order valence-electron chi connectivity index (χ4n) is 0.763. The Balaban J connectivity index is -0.000000249. The van der Waals surface area contributed by atoms with Gasteiger partial charge in [0.05, 0.1) is 0 Å². The van der Waals surface area contributed by atoms with Crippen LogP contribution in [0.15, 0.2) is 0 Å². The molecule has 0 rings (SSSR count). The van der Waals surface area contributed by atoms with Crippen molar-refractivity contribution in [3.8, 4) is 0 Å². The average Bonchev–Trinajstić information content (AvgIpc) is 1.90. The van der Waals surface area contributed by atoms with Gasteiger partial charge in [0, 0.05) is 0 Å². The first-order valence-electron chi connectivity index (χ1n) is 4.35. The molecule has 0 heterocycles. The second-order valence-electron chi connectivity index (χ2n) is 3.55. The average molecular weight is 179 g/mol. The fourth-order valence-corrected chi connectivity index (χ4v) is 2.29. The van der Waals surface area contributed by atoms with Crippen LogP contribution in [0.4, 0.5) is 0 Å². The predicted molar refractivity (Wildman–Crippen MR) is 51.0 cm³/mol. The molecule has 0 bridgehead atoms. The first-order valence-corrected chi connectivity index (χ1v) is 5.98. The standard InChI is InChI=1S/2C4H9.CH3O.Al.Li/c2*1-4(2)3;1-2;;/h2*4H,1H2,2-3H3;1H3;;/q;;-1;;+1. The van der Waals surface area contributed by atoms with Crippen LogP contribution < -0.4 is 24.0 Å². The van der Waals surface area contributed by atoms with Crippen molar-refractivity contribution in [2.75, 3.05) is 7.11 Å². The molecule has 0 unspecified atom stereocenters. The van der Waals surface area contributed by atoms with Gasteiger partial charge in [-0.3, -0.25) is 0 Å². The summed E-state index contributed by atoms with van der Waals surface area (Å²) >= 11 is 0.755. The van der Waals surface area contributed by atoms with Crippen LogP contribution in [0.25, 0.3) is 0 Å². The van der Waals surface area contributed by atoms with E-state index in [1.54, 1.807) is 0 Å². The fraction of sp³-hybridized carbons (Fsp3) is 1.00. The molecule has 0 aliphatic rings. The van der Waals surface area contributed by atoms with Gasteiger partial charge in [0.25, 0.3) is 0 Å². The zero-order valence-electron chi connectivity index (χ0n) is 9.55. The van der Waals surface area contributed by atoms with Crippen LogP contribution in [-0.2, 0) is 0 Å². The molecular formula is C9H21AlLiO. The summed E-state index contributed by atoms with van der Waals surface area (Å²) in [5.41, 5.74) is 0. The van der Waals surface area contributed by atoms with Gasteiger partial charge in [-0.05, 0) is 0 Å². The van der Waals surface area contributed by atoms with E-state index in [9.17, 15) is 0 Å². The molecule has 0 aromatic carbocycles. The van der Waals surface area contributed by atoms with Gasteiger partial charge >= 0.3 is 18.9 Å². The summed E-state index contributed by atoms with van der Waals surface area (Å²) in [5, 5.41) is 11.2. The molecule has 0 spiro atoms. The summed E-state index contributed by atoms with van der Waals surface area (Å²) in [5.74, 6) is 1.86. The molecule has 0 aromatic heterocycles. The first-order chi connectivity index (χ1) is 5.13. The van der Waals surface area contributed by atoms with E-state index in [1.165, 1.54) is 10.6 Å². The summed E-state index contributed by atoms with van der Waals surface area (Å²) in [6, 6.07) is 0. The van der Waals surface area contributed by atoms with Crippen LogP contribution in [0, 0.1) is 11.8 Å². The van der Waals surface area contributed by atoms with Crippen molar-refractivity contribution in [2.45, 2.75) is 38.3 Å². The molecule has 3 heteroatoms. The van der Waals surface area contributed by atoms with Gasteiger partial charge in [-0.1, -0.05) is 39.5 Å². The smallest absolute Gasteiger partial charge is 0.857 e. The SMILES string of the molecule is CC(C)[CH2][Al][CH2]C(C)C.C[O-].[Li+]. The van der Waals surface area contributed by atoms with Gasteiger partial charge in [0.2, 0.25) is 15.2 Å². The number of hydrogen-bond donors (Lipinski definition) is 0. The molecule has 67 valence electrons. The largest absolute Gasteiger partial charge is 1.00 e. The van der Waals surface area contributed by atoms with Crippen molar-refractivity contribution < 1.29 is 24.0 Å². The van der Waals surface area contributed by atoms with Crippen molar-refractivity contribution in [3.05, 3.63) is 0 Å². The minimum atomic E-state index is 0. The Bertz CT molecular complexity index is 59.5. The molecule has 1 nitrogen and oxygen atoms in total. The van der Waals surface area contributed by atoms with Crippen LogP contribution in [0.3, 0.4) is 0 Å². The maximum absolute atomic E-state index is 8.25. The monoisotopic (exact) mass is 179 g/mol. The third-order valence-electron chi connectivity index (χ3n) is 1.28. The molecule has 12 heavy (non-hydrogen) atoms. The third-order valence-corrected chi connectivity index (χ3v) is 3.83. The summed E-state index contributed by atoms with van der Waals surface area (Å²) in [6.07, 6.45) is 0. The second kappa shape index (κ2) is 14.6. The summed E-state index contributed by atoms with van der Waals surface area (Å²) in [4.78, 5) is 0. The number of rotatable bonds is 4. The molecule has 0 aromatic rings. The van der Waals surface area contributed by atoms with Crippen molar-refractivity contribution >= 4 is 15.2 Å². The van der Waals surface area contributed by atoms with Crippen LogP contribution in [0.1, 0.15) is 27.7 Å². The van der Waals surface area contributed by atoms with Gasteiger partial charge < -0.3 is 5.11 Å². The Morgan fingerprint density at radius 2 is 1.17 bits per heavy atom. The van der Waals surface area contributed by atoms with Gasteiger partial charge in [-0.25, -0.2) is 0 Å². The summed E-state index contributed by atoms with van der Waals surface area (Å²) in [7, 11) is 0.750. The summed E-state index contributed by atoms with van der Waals surface area (Å²) < 4.78 is 0. The van der Waals surface area contributed by atoms with Crippen molar-refractivity contribution in [1.29, 1.82) is 0 Å². The molecule has 1 radical (unpaired) electrons. The zero-order valence-corrected chi connectivity index (χ0v) is 10.7. The Labute approximate surface area is 96.2 Å². The molecule has 0 atom stereocenters. The molecule has 0 fully saturated rings. The quantitative estimate of drug-likeness (QED) is 0.498. The zero-order chi connectivity index (χ0) is 9.28. The Hall–Kier alpha value is 1.09. The number of hydrogen-bond acceptors (Lipinski definition) is 1. The van der Waals surface area contributed by atoms with Gasteiger partial charge in [-0.2, -0.15) is 7.11 Å². The van der Waals surface area contributed by atoms with Crippen LogP contribution in [0.5, 0.6) is 0 Å². The normalized spacial score (nSPS) is 8.67. The maximum Gasteiger partial charge on any atom is 1.00 e. The molecule has 0 saturated heterocycles. The molecular weight excluding hydrogens is 158 g/mol. The van der Waals surface area contributed by atoms with E-state index < -0.39 is 0 Å². The van der Waals surface area contributed by atoms with Crippen molar-refractivity contribution in [3.63, 3.8) is 0 Å². The van der Waals surface area contributed by atoms with Gasteiger partial charge in [-0.15, -0.1) is 10.6 Å². The Morgan fingerprint density at radius 1 is 0.917 bits per heavy atom. The van der Waals surface area contributed by atoms with Crippen molar-refractivity contribution in [1.82, 2.24) is 0 Å². The van der Waals surface area contributed by atoms with E-state index in [2.05, 4.69) is 27.7 Å². The third kappa shape index (κ3) is 22.5. The molecule has 0 amide bonds. The maximum atomic E-state index is 8.25. The predicted octanol–water partition coefficient (Wildman–Crippen LogP) is -1.18. The minimum absolute atomic E-state index is 0. The topological polar surface area (TPSA) is 23.1 Å². The van der Waals surface area contributed by atoms with Gasteiger partial charge in [0.1, 0.15) is 0 Å². The second-order valence-corrected chi connectivity index (χ2v) is 5.07. The Kier molecular flexibility index (Phi) is 22.9. The first kappa shape index (κ1) is 18.8. The summed E-state index contributed by atoms with van der Waals surface area (Å²) in [6.45, 7) is 9.25. The molecule has 0 N–H and O–H groups in total. The van der Waals surface area contributed by atoms with E-state index in [4.69, 9.17) is 5.11 Å². The minimum Gasteiger partial charge on any atom is -0.857 e. The van der Waals surface area contributed by atoms with Crippen molar-refractivity contribution in [2.24, 2.45) is 11.8 Å². The van der Waals surface area contributed by atoms with E-state index in [0.717, 1.165) is 34.2 Å². The van der Waals surface area contributed by atoms with E-state index >= 15 is 0 Å². The van der Waals surface area contributed by atoms with Gasteiger partial charge in [0.15, 0.2) is 0 Å². The molecule has 0 aliphatic heterocycles. The van der Waals surface area contributed by atoms with Crippen LogP contribution in [-0.4, -0.2) is 22.3 Å². The molecule has 0 saturated carbocycles. The van der Waals surface area contributed by atoms with E-state index in [1.807, 2.05) is 0 Å². The van der Waals surface area contributed by atoms with E-state index in [-0.39, 0.29) is 18.9 Å². The molecule has 0 aliphatic carbocycles. The Morgan fingerprint density at radius 3 is 1.33 bits per heavy atom.